The van der Waals surface area contributed by atoms with Crippen LogP contribution in [0.1, 0.15) is 55.8 Å². The summed E-state index contributed by atoms with van der Waals surface area (Å²) in [6.45, 7) is 4.57. The largest absolute Gasteiger partial charge is 0.494 e. The standard InChI is InChI=1S/C33H31N3O6S/c1-3-4-8-19-41-27-17-13-25(14-18-27)30-29(32(38)42-21-24-9-6-5-7-10-24)22(2)34-33-35(30)31(37)28(43-33)20-23-11-15-26(16-12-23)36(39)40/h5-7,9-18,20,30H,3-4,8,19,21H2,1-2H3. The van der Waals surface area contributed by atoms with Crippen molar-refractivity contribution in [1.82, 2.24) is 4.57 Å². The molecule has 0 aliphatic carbocycles. The Kier molecular flexibility index (Phi) is 9.26. The number of nitrogens with zero attached hydrogens (tertiary/aromatic N) is 3. The van der Waals surface area contributed by atoms with Crippen LogP contribution in [-0.2, 0) is 16.1 Å². The lowest BCUT2D eigenvalue weighted by molar-refractivity contribution is -0.384. The van der Waals surface area contributed by atoms with Gasteiger partial charge < -0.3 is 9.47 Å². The fourth-order valence-corrected chi connectivity index (χ4v) is 5.88. The number of hydrogen-bond donors (Lipinski definition) is 0. The molecule has 0 spiro atoms. The number of allylic oxidation sites excluding steroid dienone is 1. The summed E-state index contributed by atoms with van der Waals surface area (Å²) in [5.41, 5.74) is 2.57. The maximum Gasteiger partial charge on any atom is 0.338 e. The Balaban J connectivity index is 1.53. The van der Waals surface area contributed by atoms with E-state index in [0.717, 1.165) is 24.8 Å². The molecule has 0 N–H and O–H groups in total. The van der Waals surface area contributed by atoms with Gasteiger partial charge in [0.15, 0.2) is 4.80 Å². The van der Waals surface area contributed by atoms with Crippen molar-refractivity contribution in [1.29, 1.82) is 0 Å². The molecule has 0 fully saturated rings. The van der Waals surface area contributed by atoms with Gasteiger partial charge in [-0.15, -0.1) is 0 Å². The molecule has 4 aromatic rings. The first kappa shape index (κ1) is 29.7. The SMILES string of the molecule is CCCCCOc1ccc(C2C(C(=O)OCc3ccccc3)=C(C)N=c3sc(=Cc4ccc([N+](=O)[O-])cc4)c(=O)n32)cc1. The number of fused-ring (bicyclic) bond motifs is 1. The fourth-order valence-electron chi connectivity index (χ4n) is 4.83. The molecule has 5 rings (SSSR count). The van der Waals surface area contributed by atoms with Gasteiger partial charge in [0.25, 0.3) is 11.2 Å². The lowest BCUT2D eigenvalue weighted by atomic mass is 9.96. The molecule has 10 heteroatoms. The number of nitro benzene ring substituents is 1. The zero-order valence-electron chi connectivity index (χ0n) is 23.9. The number of benzene rings is 3. The summed E-state index contributed by atoms with van der Waals surface area (Å²) >= 11 is 1.20. The molecule has 0 saturated carbocycles. The van der Waals surface area contributed by atoms with Gasteiger partial charge in [-0.3, -0.25) is 19.5 Å². The lowest BCUT2D eigenvalue weighted by Crippen LogP contribution is -2.39. The molecular weight excluding hydrogens is 566 g/mol. The lowest BCUT2D eigenvalue weighted by Gasteiger charge is -2.25. The Bertz CT molecular complexity index is 1820. The van der Waals surface area contributed by atoms with Crippen LogP contribution >= 0.6 is 11.3 Å². The maximum absolute atomic E-state index is 13.9. The van der Waals surface area contributed by atoms with E-state index in [1.165, 1.54) is 28.0 Å². The Morgan fingerprint density at radius 3 is 2.44 bits per heavy atom. The van der Waals surface area contributed by atoms with Gasteiger partial charge in [-0.1, -0.05) is 73.6 Å². The summed E-state index contributed by atoms with van der Waals surface area (Å²) in [5, 5.41) is 11.1. The molecule has 1 unspecified atom stereocenters. The summed E-state index contributed by atoms with van der Waals surface area (Å²) in [5.74, 6) is 0.152. The number of aromatic nitrogens is 1. The van der Waals surface area contributed by atoms with Gasteiger partial charge >= 0.3 is 5.97 Å². The Morgan fingerprint density at radius 2 is 1.77 bits per heavy atom. The summed E-state index contributed by atoms with van der Waals surface area (Å²) in [6, 6.07) is 22.0. The van der Waals surface area contributed by atoms with Crippen LogP contribution in [0.2, 0.25) is 0 Å². The second-order valence-electron chi connectivity index (χ2n) is 10.1. The quantitative estimate of drug-likeness (QED) is 0.0983. The molecule has 2 heterocycles. The van der Waals surface area contributed by atoms with Crippen molar-refractivity contribution in [2.24, 2.45) is 4.99 Å². The van der Waals surface area contributed by atoms with Crippen molar-refractivity contribution in [3.63, 3.8) is 0 Å². The number of nitro groups is 1. The number of carbonyl (C=O) groups is 1. The first-order chi connectivity index (χ1) is 20.9. The van der Waals surface area contributed by atoms with Gasteiger partial charge in [0.05, 0.1) is 33.4 Å². The molecular formula is C33H31N3O6S. The van der Waals surface area contributed by atoms with E-state index in [9.17, 15) is 19.7 Å². The minimum atomic E-state index is -0.771. The van der Waals surface area contributed by atoms with Crippen LogP contribution in [0.4, 0.5) is 5.69 Å². The molecule has 0 saturated heterocycles. The third kappa shape index (κ3) is 6.81. The highest BCUT2D eigenvalue weighted by Crippen LogP contribution is 2.32. The number of carbonyl (C=O) groups excluding carboxylic acids is 1. The molecule has 1 aliphatic heterocycles. The van der Waals surface area contributed by atoms with E-state index in [0.29, 0.717) is 38.5 Å². The first-order valence-corrected chi connectivity index (χ1v) is 14.9. The van der Waals surface area contributed by atoms with Crippen LogP contribution in [0.5, 0.6) is 5.75 Å². The van der Waals surface area contributed by atoms with Gasteiger partial charge in [-0.25, -0.2) is 9.79 Å². The van der Waals surface area contributed by atoms with Crippen molar-refractivity contribution >= 4 is 29.1 Å². The summed E-state index contributed by atoms with van der Waals surface area (Å²) in [6.07, 6.45) is 4.82. The van der Waals surface area contributed by atoms with E-state index in [-0.39, 0.29) is 23.4 Å². The number of rotatable bonds is 11. The predicted octanol–water partition coefficient (Wildman–Crippen LogP) is 5.46. The van der Waals surface area contributed by atoms with E-state index in [2.05, 4.69) is 11.9 Å². The fraction of sp³-hybridized carbons (Fsp3) is 0.242. The molecule has 1 aromatic heterocycles. The summed E-state index contributed by atoms with van der Waals surface area (Å²) in [4.78, 5) is 43.1. The number of unbranched alkanes of at least 4 members (excludes halogenated alkanes) is 2. The predicted molar refractivity (Wildman–Crippen MR) is 165 cm³/mol. The molecule has 3 aromatic carbocycles. The van der Waals surface area contributed by atoms with Crippen LogP contribution in [0.25, 0.3) is 6.08 Å². The molecule has 43 heavy (non-hydrogen) atoms. The molecule has 220 valence electrons. The van der Waals surface area contributed by atoms with Crippen molar-refractivity contribution in [3.05, 3.63) is 137 Å². The summed E-state index contributed by atoms with van der Waals surface area (Å²) in [7, 11) is 0. The van der Waals surface area contributed by atoms with Crippen LogP contribution in [-0.4, -0.2) is 22.1 Å². The number of non-ortho nitro benzene ring substituents is 1. The molecule has 0 bridgehead atoms. The number of esters is 1. The normalized spacial score (nSPS) is 14.7. The molecule has 1 atom stereocenters. The third-order valence-corrected chi connectivity index (χ3v) is 8.05. The van der Waals surface area contributed by atoms with E-state index < -0.39 is 16.9 Å². The molecule has 9 nitrogen and oxygen atoms in total. The van der Waals surface area contributed by atoms with Gasteiger partial charge in [0.1, 0.15) is 12.4 Å². The topological polar surface area (TPSA) is 113 Å². The zero-order chi connectivity index (χ0) is 30.3. The van der Waals surface area contributed by atoms with Crippen LogP contribution in [0, 0.1) is 10.1 Å². The number of hydrogen-bond acceptors (Lipinski definition) is 8. The van der Waals surface area contributed by atoms with Gasteiger partial charge in [0, 0.05) is 12.1 Å². The van der Waals surface area contributed by atoms with Gasteiger partial charge in [-0.2, -0.15) is 0 Å². The second-order valence-corrected chi connectivity index (χ2v) is 11.1. The Morgan fingerprint density at radius 1 is 1.05 bits per heavy atom. The smallest absolute Gasteiger partial charge is 0.338 e. The monoisotopic (exact) mass is 597 g/mol. The highest BCUT2D eigenvalue weighted by atomic mass is 32.1. The molecule has 0 amide bonds. The van der Waals surface area contributed by atoms with E-state index >= 15 is 0 Å². The van der Waals surface area contributed by atoms with E-state index in [1.54, 1.807) is 25.1 Å². The number of thiazole rings is 1. The van der Waals surface area contributed by atoms with E-state index in [1.807, 2.05) is 54.6 Å². The highest BCUT2D eigenvalue weighted by Gasteiger charge is 2.33. The molecule has 0 radical (unpaired) electrons. The maximum atomic E-state index is 13.9. The highest BCUT2D eigenvalue weighted by molar-refractivity contribution is 7.07. The summed E-state index contributed by atoms with van der Waals surface area (Å²) < 4.78 is 13.5. The first-order valence-electron chi connectivity index (χ1n) is 14.1. The zero-order valence-corrected chi connectivity index (χ0v) is 24.7. The van der Waals surface area contributed by atoms with Crippen molar-refractivity contribution in [2.45, 2.75) is 45.8 Å². The van der Waals surface area contributed by atoms with Crippen molar-refractivity contribution in [2.75, 3.05) is 6.61 Å². The minimum Gasteiger partial charge on any atom is -0.494 e. The van der Waals surface area contributed by atoms with Gasteiger partial charge in [0.2, 0.25) is 0 Å². The average molecular weight is 598 g/mol. The third-order valence-electron chi connectivity index (χ3n) is 7.07. The minimum absolute atomic E-state index is 0.0364. The van der Waals surface area contributed by atoms with E-state index in [4.69, 9.17) is 9.47 Å². The van der Waals surface area contributed by atoms with Crippen LogP contribution < -0.4 is 19.6 Å². The van der Waals surface area contributed by atoms with Gasteiger partial charge in [-0.05, 0) is 60.4 Å². The molecule has 1 aliphatic rings. The Hall–Kier alpha value is -4.83. The second kappa shape index (κ2) is 13.4. The van der Waals surface area contributed by atoms with Crippen molar-refractivity contribution in [3.8, 4) is 5.75 Å². The van der Waals surface area contributed by atoms with Crippen LogP contribution in [0.15, 0.2) is 99.9 Å². The Labute approximate surface area is 252 Å². The van der Waals surface area contributed by atoms with Crippen molar-refractivity contribution < 1.29 is 19.2 Å². The van der Waals surface area contributed by atoms with Crippen LogP contribution in [0.3, 0.4) is 0 Å². The average Bonchev–Trinajstić information content (AvgIpc) is 3.32. The number of ether oxygens (including phenoxy) is 2.